The van der Waals surface area contributed by atoms with Gasteiger partial charge >= 0.3 is 0 Å². The smallest absolute Gasteiger partial charge is 0.239 e. The summed E-state index contributed by atoms with van der Waals surface area (Å²) in [6.45, 7) is 2.07. The zero-order valence-electron chi connectivity index (χ0n) is 12.7. The maximum Gasteiger partial charge on any atom is 0.239 e. The normalized spacial score (nSPS) is 15.5. The summed E-state index contributed by atoms with van der Waals surface area (Å²) in [5, 5.41) is 5.68. The van der Waals surface area contributed by atoms with Gasteiger partial charge in [0, 0.05) is 6.04 Å². The molecule has 1 aliphatic rings. The van der Waals surface area contributed by atoms with Gasteiger partial charge in [-0.3, -0.25) is 9.59 Å². The van der Waals surface area contributed by atoms with E-state index >= 15 is 0 Å². The van der Waals surface area contributed by atoms with Crippen molar-refractivity contribution in [2.24, 2.45) is 0 Å². The number of benzene rings is 1. The zero-order valence-corrected chi connectivity index (χ0v) is 12.7. The van der Waals surface area contributed by atoms with Gasteiger partial charge in [-0.1, -0.05) is 49.1 Å². The molecule has 0 heterocycles. The van der Waals surface area contributed by atoms with Gasteiger partial charge in [-0.05, 0) is 25.3 Å². The SMILES string of the molecule is Cc1cccc(CC(=O)NCC(=O)NC2CCCCC2)c1. The third-order valence-corrected chi connectivity index (χ3v) is 3.86. The van der Waals surface area contributed by atoms with Gasteiger partial charge < -0.3 is 10.6 Å². The molecule has 1 aromatic rings. The van der Waals surface area contributed by atoms with Crippen LogP contribution >= 0.6 is 0 Å². The standard InChI is InChI=1S/C17H24N2O2/c1-13-6-5-7-14(10-13)11-16(20)18-12-17(21)19-15-8-3-2-4-9-15/h5-7,10,15H,2-4,8-9,11-12H2,1H3,(H,18,20)(H,19,21). The van der Waals surface area contributed by atoms with E-state index in [0.717, 1.165) is 24.0 Å². The van der Waals surface area contributed by atoms with Gasteiger partial charge in [0.05, 0.1) is 13.0 Å². The average molecular weight is 288 g/mol. The molecule has 0 spiro atoms. The predicted octanol–water partition coefficient (Wildman–Crippen LogP) is 2.10. The minimum atomic E-state index is -0.112. The average Bonchev–Trinajstić information content (AvgIpc) is 2.46. The fraction of sp³-hybridized carbons (Fsp3) is 0.529. The van der Waals surface area contributed by atoms with E-state index in [4.69, 9.17) is 0 Å². The van der Waals surface area contributed by atoms with Crippen LogP contribution in [0.25, 0.3) is 0 Å². The van der Waals surface area contributed by atoms with E-state index in [0.29, 0.717) is 12.5 Å². The monoisotopic (exact) mass is 288 g/mol. The van der Waals surface area contributed by atoms with Crippen molar-refractivity contribution < 1.29 is 9.59 Å². The molecule has 0 atom stereocenters. The van der Waals surface area contributed by atoms with Crippen molar-refractivity contribution in [3.8, 4) is 0 Å². The molecule has 1 aromatic carbocycles. The lowest BCUT2D eigenvalue weighted by Crippen LogP contribution is -2.43. The number of aryl methyl sites for hydroxylation is 1. The molecule has 0 aliphatic heterocycles. The Kier molecular flexibility index (Phi) is 5.78. The zero-order chi connectivity index (χ0) is 15.1. The van der Waals surface area contributed by atoms with Crippen LogP contribution in [0.2, 0.25) is 0 Å². The summed E-state index contributed by atoms with van der Waals surface area (Å²) in [6.07, 6.45) is 6.07. The van der Waals surface area contributed by atoms with E-state index in [1.165, 1.54) is 19.3 Å². The highest BCUT2D eigenvalue weighted by atomic mass is 16.2. The second-order valence-corrected chi connectivity index (χ2v) is 5.85. The van der Waals surface area contributed by atoms with E-state index in [9.17, 15) is 9.59 Å². The fourth-order valence-corrected chi connectivity index (χ4v) is 2.77. The van der Waals surface area contributed by atoms with Gasteiger partial charge in [-0.2, -0.15) is 0 Å². The number of carbonyl (C=O) groups is 2. The minimum Gasteiger partial charge on any atom is -0.352 e. The first-order chi connectivity index (χ1) is 10.1. The van der Waals surface area contributed by atoms with Crippen LogP contribution in [-0.4, -0.2) is 24.4 Å². The van der Waals surface area contributed by atoms with Crippen LogP contribution < -0.4 is 10.6 Å². The highest BCUT2D eigenvalue weighted by Gasteiger charge is 2.15. The molecule has 1 saturated carbocycles. The number of nitrogens with one attached hydrogen (secondary N) is 2. The first-order valence-electron chi connectivity index (χ1n) is 7.75. The molecule has 0 saturated heterocycles. The van der Waals surface area contributed by atoms with Gasteiger partial charge in [-0.15, -0.1) is 0 Å². The Labute approximate surface area is 126 Å². The predicted molar refractivity (Wildman–Crippen MR) is 82.9 cm³/mol. The van der Waals surface area contributed by atoms with Crippen molar-refractivity contribution in [1.82, 2.24) is 10.6 Å². The molecule has 1 fully saturated rings. The molecule has 0 radical (unpaired) electrons. The molecule has 1 aliphatic carbocycles. The lowest BCUT2D eigenvalue weighted by atomic mass is 9.95. The summed E-state index contributed by atoms with van der Waals surface area (Å²) in [6, 6.07) is 8.14. The van der Waals surface area contributed by atoms with Gasteiger partial charge in [0.15, 0.2) is 0 Å². The van der Waals surface area contributed by atoms with Crippen LogP contribution in [0, 0.1) is 6.92 Å². The van der Waals surface area contributed by atoms with E-state index < -0.39 is 0 Å². The molecular weight excluding hydrogens is 264 g/mol. The molecule has 0 bridgehead atoms. The first-order valence-corrected chi connectivity index (χ1v) is 7.75. The molecule has 2 amide bonds. The Morgan fingerprint density at radius 3 is 2.62 bits per heavy atom. The Morgan fingerprint density at radius 1 is 1.14 bits per heavy atom. The van der Waals surface area contributed by atoms with Crippen LogP contribution in [-0.2, 0) is 16.0 Å². The quantitative estimate of drug-likeness (QED) is 0.872. The second kappa shape index (κ2) is 7.81. The highest BCUT2D eigenvalue weighted by Crippen LogP contribution is 2.17. The van der Waals surface area contributed by atoms with Gasteiger partial charge in [0.2, 0.25) is 11.8 Å². The van der Waals surface area contributed by atoms with Gasteiger partial charge in [-0.25, -0.2) is 0 Å². The number of hydrogen-bond acceptors (Lipinski definition) is 2. The third-order valence-electron chi connectivity index (χ3n) is 3.86. The Balaban J connectivity index is 1.69. The maximum atomic E-state index is 11.8. The largest absolute Gasteiger partial charge is 0.352 e. The van der Waals surface area contributed by atoms with E-state index in [1.54, 1.807) is 0 Å². The molecule has 0 unspecified atom stereocenters. The van der Waals surface area contributed by atoms with Crippen molar-refractivity contribution in [2.45, 2.75) is 51.5 Å². The molecule has 4 heteroatoms. The van der Waals surface area contributed by atoms with Crippen LogP contribution in [0.1, 0.15) is 43.2 Å². The van der Waals surface area contributed by atoms with Crippen molar-refractivity contribution >= 4 is 11.8 Å². The van der Waals surface area contributed by atoms with E-state index in [1.807, 2.05) is 31.2 Å². The Bertz CT molecular complexity index is 493. The van der Waals surface area contributed by atoms with Gasteiger partial charge in [0.25, 0.3) is 0 Å². The number of hydrogen-bond donors (Lipinski definition) is 2. The van der Waals surface area contributed by atoms with Crippen molar-refractivity contribution in [3.63, 3.8) is 0 Å². The minimum absolute atomic E-state index is 0.0706. The summed E-state index contributed by atoms with van der Waals surface area (Å²) in [4.78, 5) is 23.6. The van der Waals surface area contributed by atoms with Crippen LogP contribution in [0.3, 0.4) is 0 Å². The van der Waals surface area contributed by atoms with Crippen molar-refractivity contribution in [2.75, 3.05) is 6.54 Å². The molecule has 0 aromatic heterocycles. The third kappa shape index (κ3) is 5.58. The number of rotatable bonds is 5. The van der Waals surface area contributed by atoms with Crippen LogP contribution in [0.4, 0.5) is 0 Å². The molecule has 2 rings (SSSR count). The molecule has 4 nitrogen and oxygen atoms in total. The van der Waals surface area contributed by atoms with Crippen LogP contribution in [0.15, 0.2) is 24.3 Å². The topological polar surface area (TPSA) is 58.2 Å². The lowest BCUT2D eigenvalue weighted by Gasteiger charge is -2.22. The van der Waals surface area contributed by atoms with E-state index in [2.05, 4.69) is 10.6 Å². The molecule has 2 N–H and O–H groups in total. The molecular formula is C17H24N2O2. The fourth-order valence-electron chi connectivity index (χ4n) is 2.77. The second-order valence-electron chi connectivity index (χ2n) is 5.85. The summed E-state index contributed by atoms with van der Waals surface area (Å²) in [7, 11) is 0. The maximum absolute atomic E-state index is 11.8. The molecule has 21 heavy (non-hydrogen) atoms. The first kappa shape index (κ1) is 15.5. The summed E-state index contributed by atoms with van der Waals surface area (Å²) in [5.74, 6) is -0.195. The van der Waals surface area contributed by atoms with E-state index in [-0.39, 0.29) is 18.4 Å². The Hall–Kier alpha value is -1.84. The Morgan fingerprint density at radius 2 is 1.90 bits per heavy atom. The summed E-state index contributed by atoms with van der Waals surface area (Å²) in [5.41, 5.74) is 2.11. The van der Waals surface area contributed by atoms with Crippen LogP contribution in [0.5, 0.6) is 0 Å². The molecule has 114 valence electrons. The number of amides is 2. The highest BCUT2D eigenvalue weighted by molar-refractivity contribution is 5.85. The summed E-state index contributed by atoms with van der Waals surface area (Å²) < 4.78 is 0. The van der Waals surface area contributed by atoms with Crippen molar-refractivity contribution in [3.05, 3.63) is 35.4 Å². The summed E-state index contributed by atoms with van der Waals surface area (Å²) >= 11 is 0. The van der Waals surface area contributed by atoms with Gasteiger partial charge in [0.1, 0.15) is 0 Å². The lowest BCUT2D eigenvalue weighted by molar-refractivity contribution is -0.126. The van der Waals surface area contributed by atoms with Crippen molar-refractivity contribution in [1.29, 1.82) is 0 Å². The number of carbonyl (C=O) groups excluding carboxylic acids is 2.